The van der Waals surface area contributed by atoms with Crippen LogP contribution in [0.15, 0.2) is 48.5 Å². The first-order valence-corrected chi connectivity index (χ1v) is 6.12. The maximum absolute atomic E-state index is 12.7. The van der Waals surface area contributed by atoms with Gasteiger partial charge in [-0.2, -0.15) is 13.2 Å². The largest absolute Gasteiger partial charge is 0.416 e. The van der Waals surface area contributed by atoms with Gasteiger partial charge in [-0.15, -0.1) is 12.4 Å². The van der Waals surface area contributed by atoms with Crippen LogP contribution in [0, 0.1) is 0 Å². The molecule has 0 aliphatic rings. The minimum Gasteiger partial charge on any atom is -0.342 e. The van der Waals surface area contributed by atoms with Crippen molar-refractivity contribution in [3.63, 3.8) is 0 Å². The molecule has 3 aromatic rings. The molecule has 1 heterocycles. The summed E-state index contributed by atoms with van der Waals surface area (Å²) in [5.41, 5.74) is 1.65. The molecule has 21 heavy (non-hydrogen) atoms. The molecule has 0 saturated carbocycles. The number of hydrogen-bond acceptors (Lipinski definition) is 1. The lowest BCUT2D eigenvalue weighted by Gasteiger charge is -2.07. The van der Waals surface area contributed by atoms with Gasteiger partial charge in [0.2, 0.25) is 0 Å². The van der Waals surface area contributed by atoms with E-state index >= 15 is 0 Å². The molecule has 0 amide bonds. The van der Waals surface area contributed by atoms with Crippen molar-refractivity contribution in [2.24, 2.45) is 0 Å². The standard InChI is InChI=1S/C15H11F3N2.ClH/c16-15(17,18)11-5-3-4-10(8-11)9-14-19-12-6-1-2-7-13(12)20-14;/h1-8H,9H2,(H,19,20);1H. The Hall–Kier alpha value is -2.01. The SMILES string of the molecule is Cl.FC(F)(F)c1cccc(Cc2nc3ccccc3[nH]2)c1. The van der Waals surface area contributed by atoms with Gasteiger partial charge in [0.15, 0.2) is 0 Å². The minimum atomic E-state index is -4.32. The van der Waals surface area contributed by atoms with E-state index in [2.05, 4.69) is 9.97 Å². The van der Waals surface area contributed by atoms with E-state index in [0.717, 1.165) is 23.2 Å². The third kappa shape index (κ3) is 3.36. The topological polar surface area (TPSA) is 28.7 Å². The Kier molecular flexibility index (Phi) is 4.23. The predicted octanol–water partition coefficient (Wildman–Crippen LogP) is 4.59. The van der Waals surface area contributed by atoms with Gasteiger partial charge in [0.1, 0.15) is 5.82 Å². The fraction of sp³-hybridized carbons (Fsp3) is 0.133. The average molecular weight is 313 g/mol. The second-order valence-corrected chi connectivity index (χ2v) is 4.58. The normalized spacial score (nSPS) is 11.4. The molecule has 6 heteroatoms. The van der Waals surface area contributed by atoms with Crippen molar-refractivity contribution in [1.82, 2.24) is 9.97 Å². The Morgan fingerprint density at radius 3 is 2.48 bits per heavy atom. The van der Waals surface area contributed by atoms with Crippen LogP contribution in [0.25, 0.3) is 11.0 Å². The van der Waals surface area contributed by atoms with Crippen molar-refractivity contribution in [2.75, 3.05) is 0 Å². The number of aromatic nitrogens is 2. The number of nitrogens with one attached hydrogen (secondary N) is 1. The van der Waals surface area contributed by atoms with Gasteiger partial charge < -0.3 is 4.98 Å². The third-order valence-electron chi connectivity index (χ3n) is 3.06. The number of rotatable bonds is 2. The highest BCUT2D eigenvalue weighted by molar-refractivity contribution is 5.85. The molecule has 0 radical (unpaired) electrons. The number of para-hydroxylation sites is 2. The van der Waals surface area contributed by atoms with Crippen molar-refractivity contribution < 1.29 is 13.2 Å². The summed E-state index contributed by atoms with van der Waals surface area (Å²) in [6.07, 6.45) is -3.97. The highest BCUT2D eigenvalue weighted by Gasteiger charge is 2.30. The van der Waals surface area contributed by atoms with Crippen LogP contribution < -0.4 is 0 Å². The van der Waals surface area contributed by atoms with E-state index in [1.165, 1.54) is 6.07 Å². The molecule has 0 aliphatic heterocycles. The van der Waals surface area contributed by atoms with Gasteiger partial charge in [-0.1, -0.05) is 30.3 Å². The van der Waals surface area contributed by atoms with Crippen molar-refractivity contribution in [3.05, 3.63) is 65.5 Å². The van der Waals surface area contributed by atoms with Crippen LogP contribution in [0.3, 0.4) is 0 Å². The van der Waals surface area contributed by atoms with Crippen LogP contribution in [0.1, 0.15) is 17.0 Å². The molecule has 0 bridgehead atoms. The minimum absolute atomic E-state index is 0. The molecular weight excluding hydrogens is 301 g/mol. The number of imidazole rings is 1. The van der Waals surface area contributed by atoms with Gasteiger partial charge in [0.05, 0.1) is 16.6 Å². The summed E-state index contributed by atoms with van der Waals surface area (Å²) in [6, 6.07) is 12.8. The summed E-state index contributed by atoms with van der Waals surface area (Å²) < 4.78 is 38.0. The maximum atomic E-state index is 12.7. The number of fused-ring (bicyclic) bond motifs is 1. The molecule has 1 N–H and O–H groups in total. The van der Waals surface area contributed by atoms with Crippen molar-refractivity contribution in [3.8, 4) is 0 Å². The van der Waals surface area contributed by atoms with Gasteiger partial charge in [-0.05, 0) is 23.8 Å². The monoisotopic (exact) mass is 312 g/mol. The zero-order valence-electron chi connectivity index (χ0n) is 10.8. The molecular formula is C15H12ClF3N2. The Balaban J connectivity index is 0.00000161. The average Bonchev–Trinajstić information content (AvgIpc) is 2.80. The first-order valence-electron chi connectivity index (χ1n) is 6.12. The molecule has 0 atom stereocenters. The molecule has 0 aliphatic carbocycles. The highest BCUT2D eigenvalue weighted by atomic mass is 35.5. The molecule has 0 saturated heterocycles. The Bertz CT molecular complexity index is 717. The van der Waals surface area contributed by atoms with E-state index in [9.17, 15) is 13.2 Å². The summed E-state index contributed by atoms with van der Waals surface area (Å²) in [5.74, 6) is 0.658. The van der Waals surface area contributed by atoms with E-state index in [1.807, 2.05) is 24.3 Å². The van der Waals surface area contributed by atoms with Crippen LogP contribution in [0.5, 0.6) is 0 Å². The second-order valence-electron chi connectivity index (χ2n) is 4.58. The van der Waals surface area contributed by atoms with Gasteiger partial charge in [0.25, 0.3) is 0 Å². The van der Waals surface area contributed by atoms with Crippen molar-refractivity contribution in [2.45, 2.75) is 12.6 Å². The van der Waals surface area contributed by atoms with Crippen LogP contribution in [-0.2, 0) is 12.6 Å². The highest BCUT2D eigenvalue weighted by Crippen LogP contribution is 2.29. The van der Waals surface area contributed by atoms with Crippen LogP contribution in [0.2, 0.25) is 0 Å². The fourth-order valence-electron chi connectivity index (χ4n) is 2.14. The quantitative estimate of drug-likeness (QED) is 0.736. The van der Waals surface area contributed by atoms with Gasteiger partial charge in [-0.25, -0.2) is 4.98 Å². The number of aromatic amines is 1. The lowest BCUT2D eigenvalue weighted by molar-refractivity contribution is -0.137. The Morgan fingerprint density at radius 1 is 1.00 bits per heavy atom. The lowest BCUT2D eigenvalue weighted by atomic mass is 10.1. The molecule has 3 rings (SSSR count). The summed E-state index contributed by atoms with van der Waals surface area (Å²) in [7, 11) is 0. The van der Waals surface area contributed by atoms with E-state index in [0.29, 0.717) is 17.8 Å². The maximum Gasteiger partial charge on any atom is 0.416 e. The van der Waals surface area contributed by atoms with Gasteiger partial charge in [-0.3, -0.25) is 0 Å². The summed E-state index contributed by atoms with van der Waals surface area (Å²) in [5, 5.41) is 0. The third-order valence-corrected chi connectivity index (χ3v) is 3.06. The summed E-state index contributed by atoms with van der Waals surface area (Å²) >= 11 is 0. The zero-order chi connectivity index (χ0) is 14.2. The molecule has 0 fully saturated rings. The van der Waals surface area contributed by atoms with E-state index in [1.54, 1.807) is 6.07 Å². The van der Waals surface area contributed by atoms with Gasteiger partial charge in [0, 0.05) is 6.42 Å². The lowest BCUT2D eigenvalue weighted by Crippen LogP contribution is -2.05. The van der Waals surface area contributed by atoms with Crippen LogP contribution in [-0.4, -0.2) is 9.97 Å². The molecule has 110 valence electrons. The molecule has 1 aromatic heterocycles. The summed E-state index contributed by atoms with van der Waals surface area (Å²) in [4.78, 5) is 7.47. The van der Waals surface area contributed by atoms with Crippen molar-refractivity contribution in [1.29, 1.82) is 0 Å². The van der Waals surface area contributed by atoms with Crippen LogP contribution in [0.4, 0.5) is 13.2 Å². The number of alkyl halides is 3. The molecule has 0 spiro atoms. The molecule has 2 nitrogen and oxygen atoms in total. The number of hydrogen-bond donors (Lipinski definition) is 1. The first kappa shape index (κ1) is 15.4. The second kappa shape index (κ2) is 5.77. The number of H-pyrrole nitrogens is 1. The Morgan fingerprint density at radius 2 is 1.76 bits per heavy atom. The number of halogens is 4. The van der Waals surface area contributed by atoms with Crippen molar-refractivity contribution >= 4 is 23.4 Å². The Labute approximate surface area is 125 Å². The van der Waals surface area contributed by atoms with Gasteiger partial charge >= 0.3 is 6.18 Å². The zero-order valence-corrected chi connectivity index (χ0v) is 11.6. The smallest absolute Gasteiger partial charge is 0.342 e. The van der Waals surface area contributed by atoms with E-state index in [4.69, 9.17) is 0 Å². The summed E-state index contributed by atoms with van der Waals surface area (Å²) in [6.45, 7) is 0. The molecule has 0 unspecified atom stereocenters. The fourth-order valence-corrected chi connectivity index (χ4v) is 2.14. The van der Waals surface area contributed by atoms with Crippen LogP contribution >= 0.6 is 12.4 Å². The number of benzene rings is 2. The van der Waals surface area contributed by atoms with E-state index in [-0.39, 0.29) is 12.4 Å². The van der Waals surface area contributed by atoms with E-state index < -0.39 is 11.7 Å². The predicted molar refractivity (Wildman–Crippen MR) is 77.6 cm³/mol. The first-order chi connectivity index (χ1) is 9.52. The number of nitrogens with zero attached hydrogens (tertiary/aromatic N) is 1. The molecule has 2 aromatic carbocycles.